The van der Waals surface area contributed by atoms with Crippen LogP contribution in [0.15, 0.2) is 0 Å². The van der Waals surface area contributed by atoms with Gasteiger partial charge in [-0.15, -0.1) is 0 Å². The summed E-state index contributed by atoms with van der Waals surface area (Å²) in [6.07, 6.45) is 3.71. The highest BCUT2D eigenvalue weighted by molar-refractivity contribution is 5.00. The summed E-state index contributed by atoms with van der Waals surface area (Å²) in [4.78, 5) is 0. The molecule has 0 radical (unpaired) electrons. The standard InChI is InChI=1S/C12H26N2O/c1-9(7-15)11(3)14-12(8-13)6-4-5-10(12)2/h9-11,14-15H,4-8,13H2,1-3H3. The lowest BCUT2D eigenvalue weighted by atomic mass is 9.86. The largest absolute Gasteiger partial charge is 0.396 e. The molecule has 15 heavy (non-hydrogen) atoms. The van der Waals surface area contributed by atoms with Gasteiger partial charge < -0.3 is 16.2 Å². The van der Waals surface area contributed by atoms with E-state index in [-0.39, 0.29) is 12.1 Å². The first-order valence-corrected chi connectivity index (χ1v) is 6.14. The Morgan fingerprint density at radius 3 is 2.60 bits per heavy atom. The maximum Gasteiger partial charge on any atom is 0.0471 e. The minimum Gasteiger partial charge on any atom is -0.396 e. The van der Waals surface area contributed by atoms with Crippen molar-refractivity contribution < 1.29 is 5.11 Å². The fourth-order valence-electron chi connectivity index (χ4n) is 2.58. The number of aliphatic hydroxyl groups is 1. The molecule has 1 fully saturated rings. The SMILES string of the molecule is CC(CO)C(C)NC1(CN)CCCC1C. The van der Waals surface area contributed by atoms with Gasteiger partial charge >= 0.3 is 0 Å². The van der Waals surface area contributed by atoms with Gasteiger partial charge in [0.05, 0.1) is 0 Å². The number of rotatable bonds is 5. The average molecular weight is 214 g/mol. The molecule has 0 heterocycles. The molecule has 0 aromatic carbocycles. The first-order chi connectivity index (χ1) is 7.05. The first-order valence-electron chi connectivity index (χ1n) is 6.14. The van der Waals surface area contributed by atoms with Crippen molar-refractivity contribution in [1.82, 2.24) is 5.32 Å². The number of nitrogens with one attached hydrogen (secondary N) is 1. The van der Waals surface area contributed by atoms with Gasteiger partial charge in [-0.1, -0.05) is 20.3 Å². The molecule has 0 amide bonds. The van der Waals surface area contributed by atoms with Crippen LogP contribution in [0.4, 0.5) is 0 Å². The topological polar surface area (TPSA) is 58.3 Å². The third-order valence-electron chi connectivity index (χ3n) is 4.22. The Morgan fingerprint density at radius 1 is 1.53 bits per heavy atom. The summed E-state index contributed by atoms with van der Waals surface area (Å²) in [5, 5.41) is 12.8. The molecule has 0 spiro atoms. The lowest BCUT2D eigenvalue weighted by molar-refractivity contribution is 0.164. The molecule has 0 aromatic heterocycles. The maximum atomic E-state index is 9.13. The van der Waals surface area contributed by atoms with Crippen LogP contribution < -0.4 is 11.1 Å². The summed E-state index contributed by atoms with van der Waals surface area (Å²) in [6, 6.07) is 0.332. The van der Waals surface area contributed by atoms with E-state index in [1.54, 1.807) is 0 Å². The fraction of sp³-hybridized carbons (Fsp3) is 1.00. The minimum absolute atomic E-state index is 0.114. The molecule has 0 bridgehead atoms. The van der Waals surface area contributed by atoms with Crippen LogP contribution in [-0.4, -0.2) is 29.8 Å². The predicted octanol–water partition coefficient (Wildman–Crippen LogP) is 1.11. The van der Waals surface area contributed by atoms with Crippen molar-refractivity contribution >= 4 is 0 Å². The zero-order chi connectivity index (χ0) is 11.5. The molecule has 1 saturated carbocycles. The molecule has 1 aliphatic rings. The number of aliphatic hydroxyl groups excluding tert-OH is 1. The van der Waals surface area contributed by atoms with Gasteiger partial charge in [-0.2, -0.15) is 0 Å². The first kappa shape index (κ1) is 12.9. The second kappa shape index (κ2) is 5.28. The highest BCUT2D eigenvalue weighted by Crippen LogP contribution is 2.35. The summed E-state index contributed by atoms with van der Waals surface area (Å²) in [5.41, 5.74) is 6.04. The summed E-state index contributed by atoms with van der Waals surface area (Å²) in [5.74, 6) is 0.942. The molecule has 0 saturated heterocycles. The van der Waals surface area contributed by atoms with Gasteiger partial charge in [0.2, 0.25) is 0 Å². The average Bonchev–Trinajstić information content (AvgIpc) is 2.59. The van der Waals surface area contributed by atoms with E-state index in [9.17, 15) is 0 Å². The highest BCUT2D eigenvalue weighted by atomic mass is 16.3. The van der Waals surface area contributed by atoms with Gasteiger partial charge in [0.25, 0.3) is 0 Å². The third-order valence-corrected chi connectivity index (χ3v) is 4.22. The monoisotopic (exact) mass is 214 g/mol. The summed E-state index contributed by atoms with van der Waals surface area (Å²) in [7, 11) is 0. The van der Waals surface area contributed by atoms with Crippen molar-refractivity contribution in [3.63, 3.8) is 0 Å². The normalized spacial score (nSPS) is 35.4. The minimum atomic E-state index is 0.114. The van der Waals surface area contributed by atoms with Crippen LogP contribution in [0.5, 0.6) is 0 Å². The zero-order valence-electron chi connectivity index (χ0n) is 10.3. The number of nitrogens with two attached hydrogens (primary N) is 1. The van der Waals surface area contributed by atoms with E-state index in [1.807, 2.05) is 0 Å². The molecule has 3 heteroatoms. The van der Waals surface area contributed by atoms with Gasteiger partial charge in [0, 0.05) is 24.7 Å². The van der Waals surface area contributed by atoms with Crippen molar-refractivity contribution in [3.05, 3.63) is 0 Å². The van der Waals surface area contributed by atoms with Crippen LogP contribution >= 0.6 is 0 Å². The van der Waals surface area contributed by atoms with Gasteiger partial charge in [-0.05, 0) is 31.6 Å². The molecule has 4 N–H and O–H groups in total. The summed E-state index contributed by atoms with van der Waals surface area (Å²) >= 11 is 0. The summed E-state index contributed by atoms with van der Waals surface area (Å²) < 4.78 is 0. The Kier molecular flexibility index (Phi) is 4.56. The van der Waals surface area contributed by atoms with Gasteiger partial charge in [0.15, 0.2) is 0 Å². The molecule has 1 aliphatic carbocycles. The molecule has 0 aliphatic heterocycles. The van der Waals surface area contributed by atoms with E-state index in [0.29, 0.717) is 24.4 Å². The number of hydrogen-bond donors (Lipinski definition) is 3. The quantitative estimate of drug-likeness (QED) is 0.642. The van der Waals surface area contributed by atoms with Crippen LogP contribution in [0.25, 0.3) is 0 Å². The number of hydrogen-bond acceptors (Lipinski definition) is 3. The smallest absolute Gasteiger partial charge is 0.0471 e. The van der Waals surface area contributed by atoms with Crippen LogP contribution in [-0.2, 0) is 0 Å². The summed E-state index contributed by atoms with van der Waals surface area (Å²) in [6.45, 7) is 7.44. The lowest BCUT2D eigenvalue weighted by Crippen LogP contribution is -2.57. The van der Waals surface area contributed by atoms with Gasteiger partial charge in [-0.3, -0.25) is 0 Å². The van der Waals surface area contributed by atoms with Crippen molar-refractivity contribution in [2.75, 3.05) is 13.2 Å². The van der Waals surface area contributed by atoms with Crippen molar-refractivity contribution in [1.29, 1.82) is 0 Å². The molecular formula is C12H26N2O. The molecule has 4 unspecified atom stereocenters. The van der Waals surface area contributed by atoms with Crippen molar-refractivity contribution in [2.45, 2.75) is 51.6 Å². The molecule has 4 atom stereocenters. The second-order valence-corrected chi connectivity index (χ2v) is 5.25. The predicted molar refractivity (Wildman–Crippen MR) is 63.6 cm³/mol. The Morgan fingerprint density at radius 2 is 2.20 bits per heavy atom. The molecule has 3 nitrogen and oxygen atoms in total. The molecular weight excluding hydrogens is 188 g/mol. The van der Waals surface area contributed by atoms with E-state index in [0.717, 1.165) is 0 Å². The lowest BCUT2D eigenvalue weighted by Gasteiger charge is -2.38. The Balaban J connectivity index is 2.60. The van der Waals surface area contributed by atoms with Crippen LogP contribution in [0, 0.1) is 11.8 Å². The van der Waals surface area contributed by atoms with E-state index in [4.69, 9.17) is 10.8 Å². The Hall–Kier alpha value is -0.120. The second-order valence-electron chi connectivity index (χ2n) is 5.25. The maximum absolute atomic E-state index is 9.13. The van der Waals surface area contributed by atoms with Gasteiger partial charge in [0.1, 0.15) is 0 Å². The van der Waals surface area contributed by atoms with E-state index in [1.165, 1.54) is 19.3 Å². The van der Waals surface area contributed by atoms with Crippen LogP contribution in [0.1, 0.15) is 40.0 Å². The van der Waals surface area contributed by atoms with E-state index >= 15 is 0 Å². The van der Waals surface area contributed by atoms with E-state index in [2.05, 4.69) is 26.1 Å². The zero-order valence-corrected chi connectivity index (χ0v) is 10.3. The molecule has 90 valence electrons. The van der Waals surface area contributed by atoms with Gasteiger partial charge in [-0.25, -0.2) is 0 Å². The third kappa shape index (κ3) is 2.71. The molecule has 0 aromatic rings. The Bertz CT molecular complexity index is 198. The van der Waals surface area contributed by atoms with Crippen LogP contribution in [0.3, 0.4) is 0 Å². The van der Waals surface area contributed by atoms with E-state index < -0.39 is 0 Å². The Labute approximate surface area is 93.4 Å². The van der Waals surface area contributed by atoms with Crippen molar-refractivity contribution in [3.8, 4) is 0 Å². The fourth-order valence-corrected chi connectivity index (χ4v) is 2.58. The highest BCUT2D eigenvalue weighted by Gasteiger charge is 2.40. The van der Waals surface area contributed by atoms with Crippen LogP contribution in [0.2, 0.25) is 0 Å². The van der Waals surface area contributed by atoms with Crippen molar-refractivity contribution in [2.24, 2.45) is 17.6 Å². The molecule has 1 rings (SSSR count).